The summed E-state index contributed by atoms with van der Waals surface area (Å²) in [7, 11) is 0. The van der Waals surface area contributed by atoms with Crippen LogP contribution in [0.4, 0.5) is 4.39 Å². The molecule has 1 saturated heterocycles. The van der Waals surface area contributed by atoms with Gasteiger partial charge >= 0.3 is 0 Å². The molecule has 17 heavy (non-hydrogen) atoms. The van der Waals surface area contributed by atoms with Crippen molar-refractivity contribution in [2.45, 2.75) is 38.8 Å². The van der Waals surface area contributed by atoms with Crippen molar-refractivity contribution in [3.63, 3.8) is 0 Å². The Labute approximate surface area is 102 Å². The summed E-state index contributed by atoms with van der Waals surface area (Å²) in [6.07, 6.45) is 1.86. The first-order chi connectivity index (χ1) is 8.02. The number of aliphatic hydroxyl groups is 1. The Kier molecular flexibility index (Phi) is 3.50. The lowest BCUT2D eigenvalue weighted by atomic mass is 9.88. The Morgan fingerprint density at radius 3 is 2.76 bits per heavy atom. The van der Waals surface area contributed by atoms with E-state index >= 15 is 0 Å². The van der Waals surface area contributed by atoms with Crippen LogP contribution < -0.4 is 0 Å². The smallest absolute Gasteiger partial charge is 0.123 e. The van der Waals surface area contributed by atoms with Gasteiger partial charge in [0.2, 0.25) is 0 Å². The van der Waals surface area contributed by atoms with Crippen molar-refractivity contribution < 1.29 is 9.50 Å². The number of halogens is 1. The molecule has 1 fully saturated rings. The molecule has 1 aromatic carbocycles. The van der Waals surface area contributed by atoms with Gasteiger partial charge in [0.25, 0.3) is 0 Å². The number of rotatable bonds is 4. The number of hydrogen-bond acceptors (Lipinski definition) is 2. The number of nitrogens with zero attached hydrogens (tertiary/aromatic N) is 1. The second kappa shape index (κ2) is 4.75. The Morgan fingerprint density at radius 2 is 2.12 bits per heavy atom. The molecule has 0 aromatic heterocycles. The highest BCUT2D eigenvalue weighted by molar-refractivity contribution is 5.26. The number of β-amino-alcohol motifs (C(OH)–C–C–N with tert-alkyl or cyclic N) is 1. The van der Waals surface area contributed by atoms with E-state index in [0.717, 1.165) is 30.5 Å². The molecule has 1 N–H and O–H groups in total. The minimum Gasteiger partial charge on any atom is -0.387 e. The Hall–Kier alpha value is -0.930. The van der Waals surface area contributed by atoms with Crippen LogP contribution in [0.3, 0.4) is 0 Å². The summed E-state index contributed by atoms with van der Waals surface area (Å²) in [6.45, 7) is 6.22. The van der Waals surface area contributed by atoms with E-state index in [1.54, 1.807) is 6.07 Å². The van der Waals surface area contributed by atoms with Crippen LogP contribution in [0.25, 0.3) is 0 Å². The first-order valence-corrected chi connectivity index (χ1v) is 6.22. The SMILES string of the molecule is CCCC1(O)CN(Cc2cc(F)ccc2C)C1. The van der Waals surface area contributed by atoms with Crippen molar-refractivity contribution in [1.82, 2.24) is 4.90 Å². The standard InChI is InChI=1S/C14H20FNO/c1-3-6-14(17)9-16(10-14)8-12-7-13(15)5-4-11(12)2/h4-5,7,17H,3,6,8-10H2,1-2H3. The van der Waals surface area contributed by atoms with E-state index in [9.17, 15) is 9.50 Å². The highest BCUT2D eigenvalue weighted by Crippen LogP contribution is 2.27. The first-order valence-electron chi connectivity index (χ1n) is 6.22. The molecule has 0 saturated carbocycles. The van der Waals surface area contributed by atoms with Crippen molar-refractivity contribution in [2.24, 2.45) is 0 Å². The Balaban J connectivity index is 1.93. The number of benzene rings is 1. The van der Waals surface area contributed by atoms with E-state index in [-0.39, 0.29) is 5.82 Å². The van der Waals surface area contributed by atoms with Crippen molar-refractivity contribution in [3.05, 3.63) is 35.1 Å². The number of aryl methyl sites for hydroxylation is 1. The average molecular weight is 237 g/mol. The zero-order valence-corrected chi connectivity index (χ0v) is 10.5. The predicted octanol–water partition coefficient (Wildman–Crippen LogP) is 2.48. The minimum atomic E-state index is -0.504. The van der Waals surface area contributed by atoms with Gasteiger partial charge in [-0.05, 0) is 36.6 Å². The summed E-state index contributed by atoms with van der Waals surface area (Å²) < 4.78 is 13.1. The Bertz CT molecular complexity index is 399. The third-order valence-corrected chi connectivity index (χ3v) is 3.46. The summed E-state index contributed by atoms with van der Waals surface area (Å²) in [6, 6.07) is 4.89. The highest BCUT2D eigenvalue weighted by Gasteiger charge is 2.39. The van der Waals surface area contributed by atoms with Crippen molar-refractivity contribution >= 4 is 0 Å². The molecule has 0 bridgehead atoms. The highest BCUT2D eigenvalue weighted by atomic mass is 19.1. The van der Waals surface area contributed by atoms with E-state index in [1.807, 2.05) is 13.0 Å². The van der Waals surface area contributed by atoms with Crippen LogP contribution in [0, 0.1) is 12.7 Å². The van der Waals surface area contributed by atoms with Gasteiger partial charge < -0.3 is 5.11 Å². The predicted molar refractivity (Wildman–Crippen MR) is 66.3 cm³/mol. The van der Waals surface area contributed by atoms with E-state index in [4.69, 9.17) is 0 Å². The molecule has 0 aliphatic carbocycles. The largest absolute Gasteiger partial charge is 0.387 e. The molecule has 1 aromatic rings. The summed E-state index contributed by atoms with van der Waals surface area (Å²) >= 11 is 0. The van der Waals surface area contributed by atoms with Gasteiger partial charge in [-0.1, -0.05) is 19.4 Å². The van der Waals surface area contributed by atoms with E-state index < -0.39 is 5.60 Å². The fraction of sp³-hybridized carbons (Fsp3) is 0.571. The maximum Gasteiger partial charge on any atom is 0.123 e. The Morgan fingerprint density at radius 1 is 1.41 bits per heavy atom. The average Bonchev–Trinajstić information content (AvgIpc) is 2.21. The van der Waals surface area contributed by atoms with Crippen LogP contribution >= 0.6 is 0 Å². The van der Waals surface area contributed by atoms with Gasteiger partial charge in [0.15, 0.2) is 0 Å². The summed E-state index contributed by atoms with van der Waals surface area (Å²) in [5, 5.41) is 10.1. The summed E-state index contributed by atoms with van der Waals surface area (Å²) in [5.74, 6) is -0.185. The molecule has 3 heteroatoms. The summed E-state index contributed by atoms with van der Waals surface area (Å²) in [4.78, 5) is 2.16. The van der Waals surface area contributed by atoms with Crippen LogP contribution in [-0.2, 0) is 6.54 Å². The molecular formula is C14H20FNO. The second-order valence-corrected chi connectivity index (χ2v) is 5.19. The molecule has 1 aliphatic heterocycles. The molecule has 1 heterocycles. The van der Waals surface area contributed by atoms with Gasteiger partial charge in [0.05, 0.1) is 5.60 Å². The van der Waals surface area contributed by atoms with Gasteiger partial charge in [-0.25, -0.2) is 4.39 Å². The topological polar surface area (TPSA) is 23.5 Å². The number of hydrogen-bond donors (Lipinski definition) is 1. The van der Waals surface area contributed by atoms with Crippen LogP contribution in [-0.4, -0.2) is 28.7 Å². The molecule has 0 unspecified atom stereocenters. The lowest BCUT2D eigenvalue weighted by Crippen LogP contribution is -2.61. The van der Waals surface area contributed by atoms with Gasteiger partial charge in [0.1, 0.15) is 5.82 Å². The fourth-order valence-corrected chi connectivity index (χ4v) is 2.57. The maximum atomic E-state index is 13.1. The van der Waals surface area contributed by atoms with Gasteiger partial charge in [-0.3, -0.25) is 4.90 Å². The summed E-state index contributed by atoms with van der Waals surface area (Å²) in [5.41, 5.74) is 1.62. The lowest BCUT2D eigenvalue weighted by molar-refractivity contribution is -0.106. The number of likely N-dealkylation sites (tertiary alicyclic amines) is 1. The van der Waals surface area contributed by atoms with Crippen molar-refractivity contribution in [3.8, 4) is 0 Å². The molecule has 1 aliphatic rings. The molecule has 0 radical (unpaired) electrons. The van der Waals surface area contributed by atoms with Gasteiger partial charge in [-0.15, -0.1) is 0 Å². The quantitative estimate of drug-likeness (QED) is 0.869. The lowest BCUT2D eigenvalue weighted by Gasteiger charge is -2.46. The molecular weight excluding hydrogens is 217 g/mol. The third-order valence-electron chi connectivity index (χ3n) is 3.46. The van der Waals surface area contributed by atoms with E-state index in [1.165, 1.54) is 6.07 Å². The third kappa shape index (κ3) is 2.85. The van der Waals surface area contributed by atoms with Crippen molar-refractivity contribution in [1.29, 1.82) is 0 Å². The molecule has 0 spiro atoms. The zero-order chi connectivity index (χ0) is 12.5. The zero-order valence-electron chi connectivity index (χ0n) is 10.5. The first kappa shape index (κ1) is 12.5. The van der Waals surface area contributed by atoms with E-state index in [0.29, 0.717) is 13.1 Å². The van der Waals surface area contributed by atoms with Crippen LogP contribution in [0.2, 0.25) is 0 Å². The van der Waals surface area contributed by atoms with Crippen molar-refractivity contribution in [2.75, 3.05) is 13.1 Å². The fourth-order valence-electron chi connectivity index (χ4n) is 2.57. The van der Waals surface area contributed by atoms with Gasteiger partial charge in [-0.2, -0.15) is 0 Å². The minimum absolute atomic E-state index is 0.185. The maximum absolute atomic E-state index is 13.1. The molecule has 94 valence electrons. The molecule has 2 rings (SSSR count). The molecule has 0 atom stereocenters. The molecule has 2 nitrogen and oxygen atoms in total. The molecule has 0 amide bonds. The van der Waals surface area contributed by atoms with Crippen LogP contribution in [0.1, 0.15) is 30.9 Å². The van der Waals surface area contributed by atoms with Crippen LogP contribution in [0.5, 0.6) is 0 Å². The van der Waals surface area contributed by atoms with Gasteiger partial charge in [0, 0.05) is 19.6 Å². The second-order valence-electron chi connectivity index (χ2n) is 5.19. The normalized spacial score (nSPS) is 19.1. The van der Waals surface area contributed by atoms with Crippen LogP contribution in [0.15, 0.2) is 18.2 Å². The monoisotopic (exact) mass is 237 g/mol. The van der Waals surface area contributed by atoms with E-state index in [2.05, 4.69) is 11.8 Å².